The zero-order valence-electron chi connectivity index (χ0n) is 16.5. The molecule has 30 heavy (non-hydrogen) atoms. The Bertz CT molecular complexity index is 1030. The van der Waals surface area contributed by atoms with E-state index in [4.69, 9.17) is 9.26 Å². The maximum atomic E-state index is 12.8. The predicted molar refractivity (Wildman–Crippen MR) is 108 cm³/mol. The lowest BCUT2D eigenvalue weighted by Crippen LogP contribution is -2.26. The van der Waals surface area contributed by atoms with E-state index in [1.54, 1.807) is 67.6 Å². The van der Waals surface area contributed by atoms with Crippen molar-refractivity contribution in [2.75, 3.05) is 5.32 Å². The molecule has 8 heteroatoms. The van der Waals surface area contributed by atoms with Gasteiger partial charge < -0.3 is 19.9 Å². The van der Waals surface area contributed by atoms with Gasteiger partial charge in [-0.2, -0.15) is 0 Å². The number of amides is 2. The second-order valence-corrected chi connectivity index (χ2v) is 6.61. The molecule has 2 N–H and O–H groups in total. The molecule has 3 aromatic rings. The Morgan fingerprint density at radius 2 is 1.77 bits per heavy atom. The van der Waals surface area contributed by atoms with Crippen LogP contribution < -0.4 is 10.6 Å². The number of carbonyl (C=O) groups excluding carboxylic acids is 3. The fourth-order valence-electron chi connectivity index (χ4n) is 2.68. The number of benzene rings is 2. The molecule has 0 bridgehead atoms. The second-order valence-electron chi connectivity index (χ2n) is 6.61. The van der Waals surface area contributed by atoms with Gasteiger partial charge in [0.25, 0.3) is 5.91 Å². The van der Waals surface area contributed by atoms with Crippen LogP contribution in [0.25, 0.3) is 0 Å². The number of nitrogens with one attached hydrogen (secondary N) is 2. The van der Waals surface area contributed by atoms with Gasteiger partial charge in [0.05, 0.1) is 5.56 Å². The Hall–Kier alpha value is -3.94. The monoisotopic (exact) mass is 407 g/mol. The number of carbonyl (C=O) groups is 3. The molecule has 0 aliphatic rings. The summed E-state index contributed by atoms with van der Waals surface area (Å²) in [4.78, 5) is 36.5. The predicted octanol–water partition coefficient (Wildman–Crippen LogP) is 3.16. The van der Waals surface area contributed by atoms with E-state index in [0.29, 0.717) is 17.9 Å². The van der Waals surface area contributed by atoms with Crippen molar-refractivity contribution in [3.05, 3.63) is 83.1 Å². The SMILES string of the molecule is CC(=O)NCc1ccc(C(=O)OC(C(=O)Nc2cc(C)on2)c2ccccc2)cc1. The highest BCUT2D eigenvalue weighted by molar-refractivity contribution is 5.97. The molecule has 0 fully saturated rings. The average molecular weight is 407 g/mol. The standard InChI is InChI=1S/C22H21N3O5/c1-14-12-19(25-30-14)24-21(27)20(17-6-4-3-5-7-17)29-22(28)18-10-8-16(9-11-18)13-23-15(2)26/h3-12,20H,13H2,1-2H3,(H,23,26)(H,24,25,27). The van der Waals surface area contributed by atoms with Crippen molar-refractivity contribution >= 4 is 23.6 Å². The number of hydrogen-bond acceptors (Lipinski definition) is 6. The number of aryl methyl sites for hydroxylation is 1. The topological polar surface area (TPSA) is 111 Å². The van der Waals surface area contributed by atoms with E-state index >= 15 is 0 Å². The first-order valence-electron chi connectivity index (χ1n) is 9.26. The Balaban J connectivity index is 1.74. The van der Waals surface area contributed by atoms with Crippen molar-refractivity contribution in [2.45, 2.75) is 26.5 Å². The first-order valence-corrected chi connectivity index (χ1v) is 9.26. The van der Waals surface area contributed by atoms with E-state index < -0.39 is 18.0 Å². The number of anilines is 1. The summed E-state index contributed by atoms with van der Waals surface area (Å²) in [6.45, 7) is 3.49. The van der Waals surface area contributed by atoms with Crippen molar-refractivity contribution in [2.24, 2.45) is 0 Å². The summed E-state index contributed by atoms with van der Waals surface area (Å²) in [5, 5.41) is 9.01. The van der Waals surface area contributed by atoms with Crippen LogP contribution in [0.4, 0.5) is 5.82 Å². The van der Waals surface area contributed by atoms with Gasteiger partial charge in [-0.05, 0) is 24.6 Å². The van der Waals surface area contributed by atoms with Crippen LogP contribution >= 0.6 is 0 Å². The molecule has 0 saturated carbocycles. The van der Waals surface area contributed by atoms with Gasteiger partial charge in [0.2, 0.25) is 12.0 Å². The van der Waals surface area contributed by atoms with E-state index in [1.165, 1.54) is 6.92 Å². The van der Waals surface area contributed by atoms with Crippen molar-refractivity contribution in [3.8, 4) is 0 Å². The molecule has 1 aromatic heterocycles. The minimum atomic E-state index is -1.17. The summed E-state index contributed by atoms with van der Waals surface area (Å²) < 4.78 is 10.5. The fourth-order valence-corrected chi connectivity index (χ4v) is 2.68. The van der Waals surface area contributed by atoms with Crippen molar-refractivity contribution in [1.29, 1.82) is 0 Å². The molecule has 2 aromatic carbocycles. The molecule has 0 aliphatic carbocycles. The van der Waals surface area contributed by atoms with Crippen LogP contribution in [-0.4, -0.2) is 22.9 Å². The highest BCUT2D eigenvalue weighted by atomic mass is 16.5. The van der Waals surface area contributed by atoms with Crippen LogP contribution in [0.1, 0.15) is 40.3 Å². The van der Waals surface area contributed by atoms with Crippen molar-refractivity contribution < 1.29 is 23.6 Å². The molecule has 2 amide bonds. The molecular weight excluding hydrogens is 386 g/mol. The van der Waals surface area contributed by atoms with E-state index in [0.717, 1.165) is 5.56 Å². The van der Waals surface area contributed by atoms with Crippen LogP contribution in [0, 0.1) is 6.92 Å². The summed E-state index contributed by atoms with van der Waals surface area (Å²) in [5.41, 5.74) is 1.64. The summed E-state index contributed by atoms with van der Waals surface area (Å²) >= 11 is 0. The summed E-state index contributed by atoms with van der Waals surface area (Å²) in [6.07, 6.45) is -1.17. The minimum Gasteiger partial charge on any atom is -0.444 e. The summed E-state index contributed by atoms with van der Waals surface area (Å²) in [7, 11) is 0. The normalized spacial score (nSPS) is 11.4. The van der Waals surface area contributed by atoms with E-state index in [-0.39, 0.29) is 17.3 Å². The molecule has 8 nitrogen and oxygen atoms in total. The highest BCUT2D eigenvalue weighted by Crippen LogP contribution is 2.22. The quantitative estimate of drug-likeness (QED) is 0.582. The third-order valence-corrected chi connectivity index (χ3v) is 4.18. The molecule has 0 spiro atoms. The van der Waals surface area contributed by atoms with Gasteiger partial charge in [-0.25, -0.2) is 4.79 Å². The Morgan fingerprint density at radius 1 is 1.07 bits per heavy atom. The number of hydrogen-bond donors (Lipinski definition) is 2. The number of nitrogens with zero attached hydrogens (tertiary/aromatic N) is 1. The Morgan fingerprint density at radius 3 is 2.37 bits per heavy atom. The number of rotatable bonds is 7. The molecule has 1 unspecified atom stereocenters. The zero-order valence-corrected chi connectivity index (χ0v) is 16.5. The molecule has 0 saturated heterocycles. The zero-order chi connectivity index (χ0) is 21.5. The number of esters is 1. The van der Waals surface area contributed by atoms with Gasteiger partial charge in [-0.3, -0.25) is 9.59 Å². The smallest absolute Gasteiger partial charge is 0.339 e. The van der Waals surface area contributed by atoms with Gasteiger partial charge in [0.1, 0.15) is 5.76 Å². The van der Waals surface area contributed by atoms with Crippen LogP contribution in [0.15, 0.2) is 65.2 Å². The van der Waals surface area contributed by atoms with E-state index in [9.17, 15) is 14.4 Å². The third-order valence-electron chi connectivity index (χ3n) is 4.18. The maximum absolute atomic E-state index is 12.8. The third kappa shape index (κ3) is 5.54. The Kier molecular flexibility index (Phi) is 6.59. The lowest BCUT2D eigenvalue weighted by atomic mass is 10.1. The molecule has 1 atom stereocenters. The maximum Gasteiger partial charge on any atom is 0.339 e. The molecule has 1 heterocycles. The fraction of sp³-hybridized carbons (Fsp3) is 0.182. The highest BCUT2D eigenvalue weighted by Gasteiger charge is 2.26. The Labute approximate surface area is 173 Å². The van der Waals surface area contributed by atoms with Crippen LogP contribution in [0.2, 0.25) is 0 Å². The van der Waals surface area contributed by atoms with E-state index in [1.807, 2.05) is 0 Å². The lowest BCUT2D eigenvalue weighted by Gasteiger charge is -2.17. The molecule has 154 valence electrons. The van der Waals surface area contributed by atoms with Crippen molar-refractivity contribution in [3.63, 3.8) is 0 Å². The van der Waals surface area contributed by atoms with Crippen molar-refractivity contribution in [1.82, 2.24) is 10.5 Å². The summed E-state index contributed by atoms with van der Waals surface area (Å²) in [5.74, 6) is -0.571. The van der Waals surface area contributed by atoms with Crippen LogP contribution in [0.3, 0.4) is 0 Å². The van der Waals surface area contributed by atoms with Gasteiger partial charge in [0, 0.05) is 25.1 Å². The van der Waals surface area contributed by atoms with Gasteiger partial charge in [-0.1, -0.05) is 47.6 Å². The van der Waals surface area contributed by atoms with Gasteiger partial charge in [0.15, 0.2) is 5.82 Å². The van der Waals surface area contributed by atoms with Crippen LogP contribution in [-0.2, 0) is 20.9 Å². The minimum absolute atomic E-state index is 0.141. The first-order chi connectivity index (χ1) is 14.4. The molecular formula is C22H21N3O5. The van der Waals surface area contributed by atoms with Gasteiger partial charge >= 0.3 is 5.97 Å². The van der Waals surface area contributed by atoms with E-state index in [2.05, 4.69) is 15.8 Å². The number of aromatic nitrogens is 1. The lowest BCUT2D eigenvalue weighted by molar-refractivity contribution is -0.125. The molecule has 3 rings (SSSR count). The summed E-state index contributed by atoms with van der Waals surface area (Å²) in [6, 6.07) is 16.8. The molecule has 0 aliphatic heterocycles. The molecule has 0 radical (unpaired) electrons. The van der Waals surface area contributed by atoms with Crippen LogP contribution in [0.5, 0.6) is 0 Å². The average Bonchev–Trinajstić information content (AvgIpc) is 3.15. The number of ether oxygens (including phenoxy) is 1. The largest absolute Gasteiger partial charge is 0.444 e. The second kappa shape index (κ2) is 9.51. The first kappa shape index (κ1) is 20.8. The van der Waals surface area contributed by atoms with Gasteiger partial charge in [-0.15, -0.1) is 0 Å².